The Balaban J connectivity index is 0.000000638. The topological polar surface area (TPSA) is 116 Å². The molecule has 1 heterocycles. The van der Waals surface area contributed by atoms with Gasteiger partial charge in [-0.05, 0) is 67.8 Å². The van der Waals surface area contributed by atoms with E-state index in [1.54, 1.807) is 53.4 Å². The summed E-state index contributed by atoms with van der Waals surface area (Å²) in [5, 5.41) is 13.5. The molecule has 0 atom stereocenters. The van der Waals surface area contributed by atoms with Gasteiger partial charge in [-0.3, -0.25) is 14.4 Å². The van der Waals surface area contributed by atoms with Crippen molar-refractivity contribution in [2.24, 2.45) is 5.92 Å². The predicted molar refractivity (Wildman–Crippen MR) is 136 cm³/mol. The van der Waals surface area contributed by atoms with Gasteiger partial charge in [0.15, 0.2) is 0 Å². The Morgan fingerprint density at radius 3 is 2.00 bits per heavy atom. The van der Waals surface area contributed by atoms with Gasteiger partial charge in [-0.1, -0.05) is 24.9 Å². The van der Waals surface area contributed by atoms with Gasteiger partial charge in [-0.2, -0.15) is 13.2 Å². The van der Waals surface area contributed by atoms with Crippen LogP contribution >= 0.6 is 11.6 Å². The van der Waals surface area contributed by atoms with Crippen molar-refractivity contribution in [2.75, 3.05) is 25.0 Å². The SMILES string of the molecule is CCCCNC(=O)C1CCN(C(=O)c2ccc(NC(=O)c3ccc(Cl)cc3)cc2)CC1.O=C(O)C(F)(F)F. The average molecular weight is 556 g/mol. The Labute approximate surface area is 223 Å². The van der Waals surface area contributed by atoms with E-state index in [1.165, 1.54) is 0 Å². The van der Waals surface area contributed by atoms with Gasteiger partial charge >= 0.3 is 12.1 Å². The lowest BCUT2D eigenvalue weighted by Crippen LogP contribution is -2.43. The maximum Gasteiger partial charge on any atom is 0.490 e. The number of carbonyl (C=O) groups excluding carboxylic acids is 3. The van der Waals surface area contributed by atoms with Crippen LogP contribution in [0.3, 0.4) is 0 Å². The second-order valence-electron chi connectivity index (χ2n) is 8.55. The first-order chi connectivity index (χ1) is 17.9. The molecular weight excluding hydrogens is 527 g/mol. The fraction of sp³-hybridized carbons (Fsp3) is 0.385. The van der Waals surface area contributed by atoms with E-state index in [0.29, 0.717) is 47.8 Å². The van der Waals surface area contributed by atoms with Crippen molar-refractivity contribution in [1.29, 1.82) is 0 Å². The van der Waals surface area contributed by atoms with Gasteiger partial charge in [0.25, 0.3) is 11.8 Å². The quantitative estimate of drug-likeness (QED) is 0.416. The molecule has 1 aliphatic rings. The van der Waals surface area contributed by atoms with E-state index in [2.05, 4.69) is 17.6 Å². The number of carbonyl (C=O) groups is 4. The number of nitrogens with zero attached hydrogens (tertiary/aromatic N) is 1. The third-order valence-corrected chi connectivity index (χ3v) is 5.97. The molecule has 3 N–H and O–H groups in total. The molecular formula is C26H29ClF3N3O5. The largest absolute Gasteiger partial charge is 0.490 e. The van der Waals surface area contributed by atoms with Crippen LogP contribution in [-0.2, 0) is 9.59 Å². The molecule has 0 spiro atoms. The number of aliphatic carboxylic acids is 1. The number of hydrogen-bond donors (Lipinski definition) is 3. The monoisotopic (exact) mass is 555 g/mol. The van der Waals surface area contributed by atoms with E-state index in [9.17, 15) is 27.6 Å². The highest BCUT2D eigenvalue weighted by Crippen LogP contribution is 2.21. The summed E-state index contributed by atoms with van der Waals surface area (Å²) in [5.41, 5.74) is 1.68. The summed E-state index contributed by atoms with van der Waals surface area (Å²) in [6.07, 6.45) is -1.69. The Hall–Kier alpha value is -3.60. The number of anilines is 1. The van der Waals surface area contributed by atoms with Crippen LogP contribution in [0, 0.1) is 5.92 Å². The van der Waals surface area contributed by atoms with Crippen LogP contribution in [0.4, 0.5) is 18.9 Å². The summed E-state index contributed by atoms with van der Waals surface area (Å²) in [7, 11) is 0. The number of alkyl halides is 3. The van der Waals surface area contributed by atoms with Gasteiger partial charge in [0.05, 0.1) is 0 Å². The lowest BCUT2D eigenvalue weighted by Gasteiger charge is -2.31. The minimum absolute atomic E-state index is 0.0219. The molecule has 0 aliphatic carbocycles. The van der Waals surface area contributed by atoms with E-state index in [1.807, 2.05) is 0 Å². The third-order valence-electron chi connectivity index (χ3n) is 5.72. The Morgan fingerprint density at radius 1 is 0.974 bits per heavy atom. The zero-order valence-electron chi connectivity index (χ0n) is 20.7. The molecule has 0 saturated carbocycles. The number of amides is 3. The number of carboxylic acids is 1. The lowest BCUT2D eigenvalue weighted by atomic mass is 9.95. The number of likely N-dealkylation sites (tertiary alicyclic amines) is 1. The average Bonchev–Trinajstić information content (AvgIpc) is 2.89. The summed E-state index contributed by atoms with van der Waals surface area (Å²) >= 11 is 5.85. The molecule has 3 amide bonds. The summed E-state index contributed by atoms with van der Waals surface area (Å²) in [4.78, 5) is 48.0. The summed E-state index contributed by atoms with van der Waals surface area (Å²) in [6, 6.07) is 13.5. The Morgan fingerprint density at radius 2 is 1.50 bits per heavy atom. The molecule has 1 fully saturated rings. The van der Waals surface area contributed by atoms with E-state index >= 15 is 0 Å². The van der Waals surface area contributed by atoms with Crippen LogP contribution in [0.5, 0.6) is 0 Å². The molecule has 2 aromatic rings. The van der Waals surface area contributed by atoms with Gasteiger partial charge < -0.3 is 20.6 Å². The molecule has 8 nitrogen and oxygen atoms in total. The van der Waals surface area contributed by atoms with Crippen molar-refractivity contribution in [1.82, 2.24) is 10.2 Å². The number of piperidine rings is 1. The number of halogens is 4. The maximum atomic E-state index is 12.8. The number of unbranched alkanes of at least 4 members (excludes halogenated alkanes) is 1. The van der Waals surface area contributed by atoms with Gasteiger partial charge in [0.1, 0.15) is 0 Å². The van der Waals surface area contributed by atoms with E-state index in [4.69, 9.17) is 21.5 Å². The third kappa shape index (κ3) is 9.70. The van der Waals surface area contributed by atoms with Crippen LogP contribution in [0.1, 0.15) is 53.3 Å². The van der Waals surface area contributed by atoms with Crippen molar-refractivity contribution < 1.29 is 37.5 Å². The summed E-state index contributed by atoms with van der Waals surface area (Å²) in [5.74, 6) is -2.98. The zero-order chi connectivity index (χ0) is 28.3. The number of benzene rings is 2. The first-order valence-corrected chi connectivity index (χ1v) is 12.3. The highest BCUT2D eigenvalue weighted by molar-refractivity contribution is 6.30. The van der Waals surface area contributed by atoms with Crippen LogP contribution in [0.15, 0.2) is 48.5 Å². The molecule has 2 aromatic carbocycles. The van der Waals surface area contributed by atoms with Crippen molar-refractivity contribution in [3.05, 3.63) is 64.7 Å². The molecule has 1 saturated heterocycles. The van der Waals surface area contributed by atoms with Crippen LogP contribution in [0.25, 0.3) is 0 Å². The second-order valence-corrected chi connectivity index (χ2v) is 8.99. The van der Waals surface area contributed by atoms with E-state index in [-0.39, 0.29) is 23.6 Å². The number of rotatable bonds is 7. The Kier molecular flexibility index (Phi) is 11.6. The minimum atomic E-state index is -5.08. The van der Waals surface area contributed by atoms with Crippen molar-refractivity contribution >= 4 is 41.0 Å². The lowest BCUT2D eigenvalue weighted by molar-refractivity contribution is -0.192. The normalized spacial score (nSPS) is 13.7. The van der Waals surface area contributed by atoms with Crippen molar-refractivity contribution in [2.45, 2.75) is 38.8 Å². The molecule has 3 rings (SSSR count). The van der Waals surface area contributed by atoms with Crippen LogP contribution in [0.2, 0.25) is 5.02 Å². The van der Waals surface area contributed by atoms with Crippen molar-refractivity contribution in [3.63, 3.8) is 0 Å². The molecule has 0 bridgehead atoms. The second kappa shape index (κ2) is 14.4. The molecule has 38 heavy (non-hydrogen) atoms. The van der Waals surface area contributed by atoms with Crippen LogP contribution < -0.4 is 10.6 Å². The molecule has 0 radical (unpaired) electrons. The highest BCUT2D eigenvalue weighted by atomic mass is 35.5. The Bertz CT molecular complexity index is 1100. The number of carboxylic acid groups (broad SMARTS) is 1. The number of hydrogen-bond acceptors (Lipinski definition) is 4. The van der Waals surface area contributed by atoms with Gasteiger partial charge in [0.2, 0.25) is 5.91 Å². The molecule has 1 aliphatic heterocycles. The minimum Gasteiger partial charge on any atom is -0.475 e. The zero-order valence-corrected chi connectivity index (χ0v) is 21.4. The van der Waals surface area contributed by atoms with Crippen molar-refractivity contribution in [3.8, 4) is 0 Å². The van der Waals surface area contributed by atoms with Gasteiger partial charge in [-0.15, -0.1) is 0 Å². The predicted octanol–water partition coefficient (Wildman–Crippen LogP) is 4.99. The van der Waals surface area contributed by atoms with E-state index in [0.717, 1.165) is 19.4 Å². The van der Waals surface area contributed by atoms with Crippen LogP contribution in [-0.4, -0.2) is 59.5 Å². The fourth-order valence-electron chi connectivity index (χ4n) is 3.56. The molecule has 12 heteroatoms. The first-order valence-electron chi connectivity index (χ1n) is 12.0. The van der Waals surface area contributed by atoms with E-state index < -0.39 is 12.1 Å². The summed E-state index contributed by atoms with van der Waals surface area (Å²) < 4.78 is 31.7. The smallest absolute Gasteiger partial charge is 0.475 e. The van der Waals surface area contributed by atoms with Gasteiger partial charge in [-0.25, -0.2) is 4.79 Å². The molecule has 0 aromatic heterocycles. The molecule has 0 unspecified atom stereocenters. The number of nitrogens with one attached hydrogen (secondary N) is 2. The standard InChI is InChI=1S/C24H28ClN3O3.C2HF3O2/c1-2-3-14-26-22(29)18-12-15-28(16-13-18)24(31)19-6-10-21(11-7-19)27-23(30)17-4-8-20(25)9-5-17;3-2(4,5)1(6)7/h4-11,18H,2-3,12-16H2,1H3,(H,26,29)(H,27,30);(H,6,7). The summed E-state index contributed by atoms with van der Waals surface area (Å²) in [6.45, 7) is 3.95. The fourth-order valence-corrected chi connectivity index (χ4v) is 3.69. The molecule has 206 valence electrons. The first kappa shape index (κ1) is 30.6. The highest BCUT2D eigenvalue weighted by Gasteiger charge is 2.38. The van der Waals surface area contributed by atoms with Gasteiger partial charge in [0, 0.05) is 47.4 Å². The maximum absolute atomic E-state index is 12.8.